The molecule has 4 heterocycles. The fraction of sp³-hybridized carbons (Fsp3) is 0.526. The molecule has 8 nitrogen and oxygen atoms in total. The molecule has 8 heteroatoms. The second-order valence-corrected chi connectivity index (χ2v) is 7.15. The Hall–Kier alpha value is -2.45. The van der Waals surface area contributed by atoms with Gasteiger partial charge in [-0.1, -0.05) is 6.07 Å². The first kappa shape index (κ1) is 17.9. The maximum Gasteiger partial charge on any atom is 0.237 e. The number of carbonyl (C=O) groups is 1. The normalized spacial score (nSPS) is 21.4. The highest BCUT2D eigenvalue weighted by Gasteiger charge is 2.31. The van der Waals surface area contributed by atoms with Gasteiger partial charge in [0.2, 0.25) is 5.91 Å². The Morgan fingerprint density at radius 2 is 2.00 bits per heavy atom. The van der Waals surface area contributed by atoms with E-state index >= 15 is 0 Å². The summed E-state index contributed by atoms with van der Waals surface area (Å²) >= 11 is 0. The molecule has 0 radical (unpaired) electrons. The van der Waals surface area contributed by atoms with E-state index in [4.69, 9.17) is 0 Å². The lowest BCUT2D eigenvalue weighted by molar-refractivity contribution is -0.136. The van der Waals surface area contributed by atoms with E-state index in [1.807, 2.05) is 47.1 Å². The highest BCUT2D eigenvalue weighted by molar-refractivity contribution is 5.79. The van der Waals surface area contributed by atoms with Crippen molar-refractivity contribution in [3.05, 3.63) is 42.6 Å². The van der Waals surface area contributed by atoms with Crippen molar-refractivity contribution in [2.45, 2.75) is 6.04 Å². The van der Waals surface area contributed by atoms with Crippen LogP contribution in [0.2, 0.25) is 0 Å². The molecule has 2 aromatic rings. The molecule has 1 N–H and O–H groups in total. The first-order chi connectivity index (χ1) is 13.2. The molecular weight excluding hydrogens is 342 g/mol. The molecule has 1 atom stereocenters. The first-order valence-corrected chi connectivity index (χ1v) is 9.58. The zero-order chi connectivity index (χ0) is 18.6. The predicted molar refractivity (Wildman–Crippen MR) is 103 cm³/mol. The lowest BCUT2D eigenvalue weighted by Gasteiger charge is -2.39. The molecule has 4 rings (SSSR count). The number of aryl methyl sites for hydroxylation is 1. The standard InChI is InChI=1S/C19H27N7O/c1-23-8-7-22-19(23)16-14-20-6-9-26(16)18(27)15-24-10-12-25(13-11-24)17-4-2-3-5-21-17/h2-5,7-8,16,20H,6,9-15H2,1H3. The number of piperazine rings is 2. The topological polar surface area (TPSA) is 69.5 Å². The van der Waals surface area contributed by atoms with Crippen LogP contribution in [-0.4, -0.2) is 82.6 Å². The van der Waals surface area contributed by atoms with E-state index in [0.717, 1.165) is 57.5 Å². The van der Waals surface area contributed by atoms with Crippen LogP contribution in [0.1, 0.15) is 11.9 Å². The van der Waals surface area contributed by atoms with Crippen molar-refractivity contribution in [2.24, 2.45) is 7.05 Å². The number of nitrogens with one attached hydrogen (secondary N) is 1. The molecule has 0 aromatic carbocycles. The Balaban J connectivity index is 1.35. The SMILES string of the molecule is Cn1ccnc1C1CNCCN1C(=O)CN1CCN(c2ccccn2)CC1. The van der Waals surface area contributed by atoms with Crippen molar-refractivity contribution in [2.75, 3.05) is 57.3 Å². The van der Waals surface area contributed by atoms with Crippen LogP contribution in [0.25, 0.3) is 0 Å². The van der Waals surface area contributed by atoms with Crippen molar-refractivity contribution in [3.8, 4) is 0 Å². The van der Waals surface area contributed by atoms with Gasteiger partial charge in [0.25, 0.3) is 0 Å². The van der Waals surface area contributed by atoms with Gasteiger partial charge in [-0.25, -0.2) is 9.97 Å². The summed E-state index contributed by atoms with van der Waals surface area (Å²) in [5.74, 6) is 2.15. The molecule has 0 spiro atoms. The van der Waals surface area contributed by atoms with E-state index in [-0.39, 0.29) is 11.9 Å². The largest absolute Gasteiger partial charge is 0.354 e. The molecule has 2 aromatic heterocycles. The van der Waals surface area contributed by atoms with Gasteiger partial charge in [0.05, 0.1) is 6.54 Å². The lowest BCUT2D eigenvalue weighted by atomic mass is 10.1. The van der Waals surface area contributed by atoms with E-state index in [1.54, 1.807) is 6.20 Å². The van der Waals surface area contributed by atoms with Crippen LogP contribution in [0.3, 0.4) is 0 Å². The number of rotatable bonds is 4. The monoisotopic (exact) mass is 369 g/mol. The van der Waals surface area contributed by atoms with Gasteiger partial charge in [-0.3, -0.25) is 9.69 Å². The second kappa shape index (κ2) is 8.06. The Kier molecular flexibility index (Phi) is 5.35. The Morgan fingerprint density at radius 1 is 1.15 bits per heavy atom. The van der Waals surface area contributed by atoms with Gasteiger partial charge in [-0.05, 0) is 12.1 Å². The van der Waals surface area contributed by atoms with Gasteiger partial charge in [0.1, 0.15) is 17.7 Å². The molecule has 27 heavy (non-hydrogen) atoms. The highest BCUT2D eigenvalue weighted by Crippen LogP contribution is 2.21. The minimum atomic E-state index is 0.000979. The molecular formula is C19H27N7O. The number of pyridine rings is 1. The maximum absolute atomic E-state index is 13.0. The minimum absolute atomic E-state index is 0.000979. The molecule has 144 valence electrons. The van der Waals surface area contributed by atoms with Gasteiger partial charge in [-0.2, -0.15) is 0 Å². The molecule has 2 fully saturated rings. The summed E-state index contributed by atoms with van der Waals surface area (Å²) < 4.78 is 2.00. The van der Waals surface area contributed by atoms with Crippen molar-refractivity contribution in [1.29, 1.82) is 0 Å². The zero-order valence-corrected chi connectivity index (χ0v) is 15.8. The molecule has 0 saturated carbocycles. The van der Waals surface area contributed by atoms with E-state index < -0.39 is 0 Å². The van der Waals surface area contributed by atoms with Crippen LogP contribution in [-0.2, 0) is 11.8 Å². The quantitative estimate of drug-likeness (QED) is 0.825. The third-order valence-corrected chi connectivity index (χ3v) is 5.42. The lowest BCUT2D eigenvalue weighted by Crippen LogP contribution is -2.54. The summed E-state index contributed by atoms with van der Waals surface area (Å²) in [4.78, 5) is 28.4. The minimum Gasteiger partial charge on any atom is -0.354 e. The summed E-state index contributed by atoms with van der Waals surface area (Å²) in [6.45, 7) is 6.33. The van der Waals surface area contributed by atoms with Gasteiger partial charge in [0.15, 0.2) is 0 Å². The van der Waals surface area contributed by atoms with Gasteiger partial charge in [0, 0.05) is 71.5 Å². The number of imidazole rings is 1. The van der Waals surface area contributed by atoms with E-state index in [0.29, 0.717) is 6.54 Å². The number of hydrogen-bond acceptors (Lipinski definition) is 6. The molecule has 2 aliphatic heterocycles. The summed E-state index contributed by atoms with van der Waals surface area (Å²) in [5, 5.41) is 3.39. The van der Waals surface area contributed by atoms with E-state index in [1.165, 1.54) is 0 Å². The zero-order valence-electron chi connectivity index (χ0n) is 15.8. The van der Waals surface area contributed by atoms with E-state index in [9.17, 15) is 4.79 Å². The van der Waals surface area contributed by atoms with Crippen LogP contribution in [0.4, 0.5) is 5.82 Å². The third-order valence-electron chi connectivity index (χ3n) is 5.42. The smallest absolute Gasteiger partial charge is 0.237 e. The van der Waals surface area contributed by atoms with Gasteiger partial charge in [-0.15, -0.1) is 0 Å². The van der Waals surface area contributed by atoms with E-state index in [2.05, 4.69) is 25.1 Å². The summed E-state index contributed by atoms with van der Waals surface area (Å²) in [5.41, 5.74) is 0. The van der Waals surface area contributed by atoms with Crippen LogP contribution in [0.15, 0.2) is 36.8 Å². The highest BCUT2D eigenvalue weighted by atomic mass is 16.2. The van der Waals surface area contributed by atoms with Gasteiger partial charge >= 0.3 is 0 Å². The fourth-order valence-electron chi connectivity index (χ4n) is 3.89. The Bertz CT molecular complexity index is 754. The first-order valence-electron chi connectivity index (χ1n) is 9.58. The van der Waals surface area contributed by atoms with Crippen LogP contribution >= 0.6 is 0 Å². The number of nitrogens with zero attached hydrogens (tertiary/aromatic N) is 6. The third kappa shape index (κ3) is 3.96. The van der Waals surface area contributed by atoms with Crippen LogP contribution < -0.4 is 10.2 Å². The molecule has 1 amide bonds. The second-order valence-electron chi connectivity index (χ2n) is 7.15. The van der Waals surface area contributed by atoms with Crippen LogP contribution in [0.5, 0.6) is 0 Å². The van der Waals surface area contributed by atoms with Gasteiger partial charge < -0.3 is 19.7 Å². The molecule has 2 aliphatic rings. The van der Waals surface area contributed by atoms with Crippen molar-refractivity contribution >= 4 is 11.7 Å². The molecule has 2 saturated heterocycles. The molecule has 0 aliphatic carbocycles. The van der Waals surface area contributed by atoms with Crippen molar-refractivity contribution < 1.29 is 4.79 Å². The number of anilines is 1. The summed E-state index contributed by atoms with van der Waals surface area (Å²) in [6.07, 6.45) is 5.56. The predicted octanol–water partition coefficient (Wildman–Crippen LogP) is 0.110. The molecule has 1 unspecified atom stereocenters. The number of carbonyl (C=O) groups excluding carboxylic acids is 1. The fourth-order valence-corrected chi connectivity index (χ4v) is 3.89. The van der Waals surface area contributed by atoms with Crippen molar-refractivity contribution in [3.63, 3.8) is 0 Å². The number of hydrogen-bond donors (Lipinski definition) is 1. The van der Waals surface area contributed by atoms with Crippen LogP contribution in [0, 0.1) is 0 Å². The summed E-state index contributed by atoms with van der Waals surface area (Å²) in [7, 11) is 1.98. The average molecular weight is 369 g/mol. The van der Waals surface area contributed by atoms with Crippen molar-refractivity contribution in [1.82, 2.24) is 29.7 Å². The maximum atomic E-state index is 13.0. The summed E-state index contributed by atoms with van der Waals surface area (Å²) in [6, 6.07) is 5.99. The number of aromatic nitrogens is 3. The Morgan fingerprint density at radius 3 is 2.70 bits per heavy atom. The number of amides is 1. The average Bonchev–Trinajstić information content (AvgIpc) is 3.15. The Labute approximate surface area is 159 Å². The molecule has 0 bridgehead atoms.